The number of carbonyl (C=O) groups excluding carboxylic acids is 1. The van der Waals surface area contributed by atoms with E-state index in [1.165, 1.54) is 5.92 Å². The first-order valence-electron chi connectivity index (χ1n) is 7.81. The summed E-state index contributed by atoms with van der Waals surface area (Å²) < 4.78 is 0. The molecule has 0 aromatic rings. The first kappa shape index (κ1) is 17.6. The Morgan fingerprint density at radius 1 is 1.45 bits per heavy atom. The summed E-state index contributed by atoms with van der Waals surface area (Å²) in [5.41, 5.74) is 6.62. The van der Waals surface area contributed by atoms with E-state index < -0.39 is 0 Å². The fourth-order valence-corrected chi connectivity index (χ4v) is 2.65. The van der Waals surface area contributed by atoms with E-state index in [0.717, 1.165) is 36.3 Å². The fourth-order valence-electron chi connectivity index (χ4n) is 2.26. The first-order chi connectivity index (χ1) is 9.28. The third kappa shape index (κ3) is 6.31. The number of thiocarbonyl (C=S) groups is 1. The van der Waals surface area contributed by atoms with Crippen LogP contribution in [0.25, 0.3) is 0 Å². The number of rotatable bonds is 7. The summed E-state index contributed by atoms with van der Waals surface area (Å²) >= 11 is 5.23. The lowest BCUT2D eigenvalue weighted by molar-refractivity contribution is -0.115. The molecule has 0 aromatic heterocycles. The van der Waals surface area contributed by atoms with Gasteiger partial charge in [-0.05, 0) is 50.9 Å². The predicted molar refractivity (Wildman–Crippen MR) is 88.9 cm³/mol. The molecular formula is C16H30N2OS. The molecule has 1 atom stereocenters. The summed E-state index contributed by atoms with van der Waals surface area (Å²) in [4.78, 5) is 13.8. The Labute approximate surface area is 129 Å². The molecule has 116 valence electrons. The maximum atomic E-state index is 11.0. The zero-order chi connectivity index (χ0) is 15.3. The molecule has 0 amide bonds. The van der Waals surface area contributed by atoms with Crippen molar-refractivity contribution >= 4 is 23.0 Å². The maximum Gasteiger partial charge on any atom is 0.136 e. The van der Waals surface area contributed by atoms with E-state index in [-0.39, 0.29) is 11.8 Å². The van der Waals surface area contributed by atoms with Crippen LogP contribution < -0.4 is 5.73 Å². The Morgan fingerprint density at radius 3 is 2.25 bits per heavy atom. The lowest BCUT2D eigenvalue weighted by Crippen LogP contribution is -2.35. The molecule has 2 aliphatic rings. The van der Waals surface area contributed by atoms with Crippen molar-refractivity contribution in [1.29, 1.82) is 0 Å². The zero-order valence-corrected chi connectivity index (χ0v) is 14.3. The highest BCUT2D eigenvalue weighted by Crippen LogP contribution is 2.74. The van der Waals surface area contributed by atoms with Gasteiger partial charge in [-0.2, -0.15) is 0 Å². The minimum absolute atomic E-state index is 0.127. The van der Waals surface area contributed by atoms with Crippen molar-refractivity contribution in [3.63, 3.8) is 0 Å². The van der Waals surface area contributed by atoms with Gasteiger partial charge in [-0.15, -0.1) is 0 Å². The van der Waals surface area contributed by atoms with Crippen LogP contribution in [0.3, 0.4) is 0 Å². The normalized spacial score (nSPS) is 26.8. The smallest absolute Gasteiger partial charge is 0.136 e. The number of nitrogens with two attached hydrogens (primary N) is 1. The largest absolute Gasteiger partial charge is 0.366 e. The van der Waals surface area contributed by atoms with Gasteiger partial charge in [-0.25, -0.2) is 0 Å². The maximum absolute atomic E-state index is 11.0. The van der Waals surface area contributed by atoms with E-state index in [2.05, 4.69) is 18.7 Å². The molecule has 20 heavy (non-hydrogen) atoms. The summed E-state index contributed by atoms with van der Waals surface area (Å²) in [6.07, 6.45) is 5.43. The molecule has 4 heteroatoms. The molecule has 0 bridgehead atoms. The predicted octanol–water partition coefficient (Wildman–Crippen LogP) is 3.16. The second-order valence-corrected chi connectivity index (χ2v) is 7.26. The molecule has 0 aliphatic heterocycles. The first-order valence-corrected chi connectivity index (χ1v) is 8.22. The van der Waals surface area contributed by atoms with E-state index in [0.29, 0.717) is 6.42 Å². The molecular weight excluding hydrogens is 268 g/mol. The number of nitrogens with zero attached hydrogens (tertiary/aromatic N) is 1. The van der Waals surface area contributed by atoms with Crippen molar-refractivity contribution in [3.05, 3.63) is 0 Å². The standard InChI is InChI=1S/C11H22N2OS.C5H8/c1-4-6-13(7-5-9(2)12)11(15)8-10(3)14;1-5-2-4(5)3-5/h9H,4-8,12H2,1-3H3;4H,2-3H2,1H3. The third-order valence-electron chi connectivity index (χ3n) is 4.19. The summed E-state index contributed by atoms with van der Waals surface area (Å²) in [6, 6.07) is 0.185. The van der Waals surface area contributed by atoms with Crippen molar-refractivity contribution in [2.75, 3.05) is 13.1 Å². The lowest BCUT2D eigenvalue weighted by Gasteiger charge is -2.25. The molecule has 0 saturated heterocycles. The van der Waals surface area contributed by atoms with Crippen molar-refractivity contribution in [2.45, 2.75) is 65.8 Å². The van der Waals surface area contributed by atoms with Crippen LogP contribution in [-0.2, 0) is 4.79 Å². The molecule has 2 aliphatic carbocycles. The topological polar surface area (TPSA) is 46.3 Å². The van der Waals surface area contributed by atoms with Gasteiger partial charge in [0.2, 0.25) is 0 Å². The van der Waals surface area contributed by atoms with Crippen LogP contribution in [0.2, 0.25) is 0 Å². The van der Waals surface area contributed by atoms with Crippen LogP contribution in [-0.4, -0.2) is 34.8 Å². The molecule has 0 spiro atoms. The highest BCUT2D eigenvalue weighted by Gasteiger charge is 2.65. The fraction of sp³-hybridized carbons (Fsp3) is 0.875. The Balaban J connectivity index is 0.000000320. The van der Waals surface area contributed by atoms with E-state index in [1.807, 2.05) is 6.92 Å². The van der Waals surface area contributed by atoms with Gasteiger partial charge in [0.15, 0.2) is 0 Å². The number of hydrogen-bond acceptors (Lipinski definition) is 3. The molecule has 0 heterocycles. The number of hydrogen-bond donors (Lipinski definition) is 1. The van der Waals surface area contributed by atoms with E-state index in [4.69, 9.17) is 18.0 Å². The van der Waals surface area contributed by atoms with Crippen LogP contribution in [0, 0.1) is 11.3 Å². The zero-order valence-electron chi connectivity index (χ0n) is 13.4. The number of Topliss-reactive ketones (excluding diaryl/α,β-unsaturated/α-hetero) is 1. The minimum Gasteiger partial charge on any atom is -0.366 e. The third-order valence-corrected chi connectivity index (χ3v) is 4.59. The van der Waals surface area contributed by atoms with Gasteiger partial charge in [0.1, 0.15) is 5.78 Å². The molecule has 2 fully saturated rings. The van der Waals surface area contributed by atoms with E-state index in [9.17, 15) is 4.79 Å². The van der Waals surface area contributed by atoms with Gasteiger partial charge in [0, 0.05) is 19.1 Å². The average molecular weight is 298 g/mol. The van der Waals surface area contributed by atoms with Crippen LogP contribution in [0.4, 0.5) is 0 Å². The van der Waals surface area contributed by atoms with Crippen LogP contribution >= 0.6 is 12.2 Å². The summed E-state index contributed by atoms with van der Waals surface area (Å²) in [6.45, 7) is 9.81. The van der Waals surface area contributed by atoms with Gasteiger partial charge in [0.05, 0.1) is 11.4 Å². The average Bonchev–Trinajstić information content (AvgIpc) is 3.12. The van der Waals surface area contributed by atoms with Crippen molar-refractivity contribution in [2.24, 2.45) is 17.1 Å². The molecule has 2 saturated carbocycles. The highest BCUT2D eigenvalue weighted by molar-refractivity contribution is 7.80. The second-order valence-electron chi connectivity index (χ2n) is 6.78. The monoisotopic (exact) mass is 298 g/mol. The van der Waals surface area contributed by atoms with Gasteiger partial charge < -0.3 is 10.6 Å². The van der Waals surface area contributed by atoms with Gasteiger partial charge in [0.25, 0.3) is 0 Å². The molecule has 1 unspecified atom stereocenters. The van der Waals surface area contributed by atoms with Gasteiger partial charge >= 0.3 is 0 Å². The molecule has 0 radical (unpaired) electrons. The Kier molecular flexibility index (Phi) is 6.59. The van der Waals surface area contributed by atoms with E-state index in [1.54, 1.807) is 19.8 Å². The lowest BCUT2D eigenvalue weighted by atomic mass is 10.2. The number of carbonyl (C=O) groups is 1. The molecule has 3 nitrogen and oxygen atoms in total. The van der Waals surface area contributed by atoms with Gasteiger partial charge in [-0.3, -0.25) is 4.79 Å². The summed E-state index contributed by atoms with van der Waals surface area (Å²) in [7, 11) is 0. The highest BCUT2D eigenvalue weighted by atomic mass is 32.1. The quantitative estimate of drug-likeness (QED) is 0.733. The van der Waals surface area contributed by atoms with Gasteiger partial charge in [-0.1, -0.05) is 26.1 Å². The van der Waals surface area contributed by atoms with Crippen molar-refractivity contribution in [1.82, 2.24) is 4.90 Å². The van der Waals surface area contributed by atoms with Crippen LogP contribution in [0.1, 0.15) is 59.8 Å². The Hall–Kier alpha value is -0.480. The summed E-state index contributed by atoms with van der Waals surface area (Å²) in [5, 5.41) is 0. The van der Waals surface area contributed by atoms with E-state index >= 15 is 0 Å². The SMILES string of the molecule is CC12CC1C2.CCCN(CCC(C)N)C(=S)CC(C)=O. The Morgan fingerprint density at radius 2 is 1.95 bits per heavy atom. The summed E-state index contributed by atoms with van der Waals surface area (Å²) in [5.74, 6) is 1.32. The minimum atomic E-state index is 0.127. The van der Waals surface area contributed by atoms with Crippen LogP contribution in [0.5, 0.6) is 0 Å². The van der Waals surface area contributed by atoms with Crippen LogP contribution in [0.15, 0.2) is 0 Å². The molecule has 0 aromatic carbocycles. The second kappa shape index (κ2) is 7.51. The van der Waals surface area contributed by atoms with Crippen molar-refractivity contribution in [3.8, 4) is 0 Å². The molecule has 2 rings (SSSR count). The Bertz CT molecular complexity index is 348. The number of ketones is 1. The molecule has 2 N–H and O–H groups in total. The van der Waals surface area contributed by atoms with Crippen molar-refractivity contribution < 1.29 is 4.79 Å². The number of fused-ring (bicyclic) bond motifs is 1.